The molecule has 0 aliphatic heterocycles. The summed E-state index contributed by atoms with van der Waals surface area (Å²) in [7, 11) is 0. The molecule has 1 N–H and O–H groups in total. The molecule has 5 nitrogen and oxygen atoms in total. The number of ether oxygens (including phenoxy) is 1. The summed E-state index contributed by atoms with van der Waals surface area (Å²) in [6.45, 7) is 7.46. The summed E-state index contributed by atoms with van der Waals surface area (Å²) < 4.78 is 5.54. The van der Waals surface area contributed by atoms with E-state index in [1.54, 1.807) is 11.3 Å². The zero-order valence-corrected chi connectivity index (χ0v) is 13.0. The minimum absolute atomic E-state index is 0.615. The second kappa shape index (κ2) is 7.19. The van der Waals surface area contributed by atoms with Crippen LogP contribution in [0.1, 0.15) is 29.7 Å². The van der Waals surface area contributed by atoms with Gasteiger partial charge in [0.05, 0.1) is 11.6 Å². The minimum atomic E-state index is 0.615. The number of aryl methyl sites for hydroxylation is 2. The van der Waals surface area contributed by atoms with Crippen LogP contribution < -0.4 is 10.1 Å². The van der Waals surface area contributed by atoms with Gasteiger partial charge in [-0.15, -0.1) is 11.3 Å². The van der Waals surface area contributed by atoms with Crippen LogP contribution in [0.15, 0.2) is 11.4 Å². The molecule has 2 rings (SSSR count). The van der Waals surface area contributed by atoms with Crippen molar-refractivity contribution < 1.29 is 4.74 Å². The first-order valence-electron chi connectivity index (χ1n) is 6.80. The molecule has 0 saturated carbocycles. The van der Waals surface area contributed by atoms with Gasteiger partial charge in [0, 0.05) is 35.8 Å². The van der Waals surface area contributed by atoms with Crippen molar-refractivity contribution in [2.45, 2.75) is 33.6 Å². The van der Waals surface area contributed by atoms with Crippen molar-refractivity contribution in [1.29, 1.82) is 0 Å². The molecule has 0 aromatic carbocycles. The van der Waals surface area contributed by atoms with Crippen LogP contribution in [0.25, 0.3) is 0 Å². The first-order valence-corrected chi connectivity index (χ1v) is 7.68. The molecular formula is C14H20N4OS. The standard InChI is InChI=1S/C14H20N4OS/c1-4-7-19-12-8-10(2)17-14(18-12)15-6-5-13-16-11(3)9-20-13/h8-9H,4-7H2,1-3H3,(H,15,17,18). The van der Waals surface area contributed by atoms with Gasteiger partial charge in [0.15, 0.2) is 0 Å². The third kappa shape index (κ3) is 4.45. The van der Waals surface area contributed by atoms with Gasteiger partial charge in [0.1, 0.15) is 0 Å². The topological polar surface area (TPSA) is 59.9 Å². The van der Waals surface area contributed by atoms with Crippen LogP contribution in [-0.2, 0) is 6.42 Å². The SMILES string of the molecule is CCCOc1cc(C)nc(NCCc2nc(C)cs2)n1. The van der Waals surface area contributed by atoms with Gasteiger partial charge in [-0.05, 0) is 20.3 Å². The van der Waals surface area contributed by atoms with Crippen LogP contribution in [0.4, 0.5) is 5.95 Å². The molecule has 0 radical (unpaired) electrons. The van der Waals surface area contributed by atoms with E-state index in [0.717, 1.165) is 35.8 Å². The zero-order chi connectivity index (χ0) is 14.4. The lowest BCUT2D eigenvalue weighted by molar-refractivity contribution is 0.305. The fraction of sp³-hybridized carbons (Fsp3) is 0.500. The summed E-state index contributed by atoms with van der Waals surface area (Å²) in [6, 6.07) is 1.85. The summed E-state index contributed by atoms with van der Waals surface area (Å²) in [5.74, 6) is 1.25. The average Bonchev–Trinajstić information content (AvgIpc) is 2.81. The largest absolute Gasteiger partial charge is 0.478 e. The maximum atomic E-state index is 5.54. The van der Waals surface area contributed by atoms with Crippen LogP contribution in [0, 0.1) is 13.8 Å². The maximum Gasteiger partial charge on any atom is 0.226 e. The van der Waals surface area contributed by atoms with E-state index in [0.29, 0.717) is 18.4 Å². The van der Waals surface area contributed by atoms with Crippen LogP contribution >= 0.6 is 11.3 Å². The monoisotopic (exact) mass is 292 g/mol. The number of nitrogens with one attached hydrogen (secondary N) is 1. The molecule has 0 spiro atoms. The summed E-state index contributed by atoms with van der Waals surface area (Å²) in [5.41, 5.74) is 1.98. The van der Waals surface area contributed by atoms with E-state index in [-0.39, 0.29) is 0 Å². The minimum Gasteiger partial charge on any atom is -0.478 e. The second-order valence-electron chi connectivity index (χ2n) is 4.58. The number of rotatable bonds is 7. The van der Waals surface area contributed by atoms with E-state index < -0.39 is 0 Å². The molecule has 0 aliphatic rings. The van der Waals surface area contributed by atoms with Crippen LogP contribution in [0.3, 0.4) is 0 Å². The van der Waals surface area contributed by atoms with Crippen molar-refractivity contribution in [3.05, 3.63) is 27.8 Å². The molecule has 0 amide bonds. The third-order valence-corrected chi connectivity index (χ3v) is 3.60. The summed E-state index contributed by atoms with van der Waals surface area (Å²) in [5, 5.41) is 6.42. The Morgan fingerprint density at radius 1 is 1.20 bits per heavy atom. The van der Waals surface area contributed by atoms with Gasteiger partial charge in [0.25, 0.3) is 0 Å². The molecule has 2 heterocycles. The number of thiazole rings is 1. The Bertz CT molecular complexity index is 556. The van der Waals surface area contributed by atoms with Gasteiger partial charge in [-0.2, -0.15) is 4.98 Å². The first-order chi connectivity index (χ1) is 9.67. The molecule has 6 heteroatoms. The Hall–Kier alpha value is -1.69. The highest BCUT2D eigenvalue weighted by Crippen LogP contribution is 2.13. The fourth-order valence-corrected chi connectivity index (χ4v) is 2.47. The van der Waals surface area contributed by atoms with Gasteiger partial charge >= 0.3 is 0 Å². The number of nitrogens with zero attached hydrogens (tertiary/aromatic N) is 3. The van der Waals surface area contributed by atoms with E-state index >= 15 is 0 Å². The second-order valence-corrected chi connectivity index (χ2v) is 5.52. The summed E-state index contributed by atoms with van der Waals surface area (Å²) in [6.07, 6.45) is 1.84. The molecule has 0 aliphatic carbocycles. The van der Waals surface area contributed by atoms with E-state index in [4.69, 9.17) is 4.74 Å². The van der Waals surface area contributed by atoms with E-state index in [1.807, 2.05) is 19.9 Å². The molecule has 0 atom stereocenters. The van der Waals surface area contributed by atoms with E-state index in [9.17, 15) is 0 Å². The Morgan fingerprint density at radius 2 is 2.05 bits per heavy atom. The van der Waals surface area contributed by atoms with E-state index in [1.165, 1.54) is 0 Å². The lowest BCUT2D eigenvalue weighted by Crippen LogP contribution is -2.09. The average molecular weight is 292 g/mol. The van der Waals surface area contributed by atoms with Crippen molar-refractivity contribution in [2.75, 3.05) is 18.5 Å². The van der Waals surface area contributed by atoms with Crippen LogP contribution in [0.5, 0.6) is 5.88 Å². The number of aromatic nitrogens is 3. The number of hydrogen-bond acceptors (Lipinski definition) is 6. The number of hydrogen-bond donors (Lipinski definition) is 1. The summed E-state index contributed by atoms with van der Waals surface area (Å²) >= 11 is 1.69. The van der Waals surface area contributed by atoms with Crippen LogP contribution in [-0.4, -0.2) is 28.1 Å². The van der Waals surface area contributed by atoms with Crippen molar-refractivity contribution in [1.82, 2.24) is 15.0 Å². The predicted molar refractivity (Wildman–Crippen MR) is 81.6 cm³/mol. The van der Waals surface area contributed by atoms with Gasteiger partial charge in [0.2, 0.25) is 11.8 Å². The molecule has 2 aromatic heterocycles. The quantitative estimate of drug-likeness (QED) is 0.850. The number of anilines is 1. The highest BCUT2D eigenvalue weighted by atomic mass is 32.1. The van der Waals surface area contributed by atoms with Gasteiger partial charge in [-0.3, -0.25) is 0 Å². The van der Waals surface area contributed by atoms with Gasteiger partial charge in [-0.25, -0.2) is 9.97 Å². The Balaban J connectivity index is 1.89. The molecule has 108 valence electrons. The fourth-order valence-electron chi connectivity index (χ4n) is 1.70. The van der Waals surface area contributed by atoms with Gasteiger partial charge in [-0.1, -0.05) is 6.92 Å². The molecule has 0 fully saturated rings. The molecule has 0 bridgehead atoms. The Labute approximate surface area is 123 Å². The van der Waals surface area contributed by atoms with Crippen molar-refractivity contribution >= 4 is 17.3 Å². The Morgan fingerprint density at radius 3 is 2.75 bits per heavy atom. The van der Waals surface area contributed by atoms with Crippen molar-refractivity contribution in [3.63, 3.8) is 0 Å². The lowest BCUT2D eigenvalue weighted by Gasteiger charge is -2.08. The molecule has 0 saturated heterocycles. The third-order valence-electron chi connectivity index (χ3n) is 2.57. The predicted octanol–water partition coefficient (Wildman–Crippen LogP) is 2.99. The lowest BCUT2D eigenvalue weighted by atomic mass is 10.4. The highest BCUT2D eigenvalue weighted by molar-refractivity contribution is 7.09. The smallest absolute Gasteiger partial charge is 0.226 e. The maximum absolute atomic E-state index is 5.54. The van der Waals surface area contributed by atoms with Crippen molar-refractivity contribution in [2.24, 2.45) is 0 Å². The first kappa shape index (κ1) is 14.7. The normalized spacial score (nSPS) is 10.6. The molecule has 2 aromatic rings. The molecule has 20 heavy (non-hydrogen) atoms. The summed E-state index contributed by atoms with van der Waals surface area (Å²) in [4.78, 5) is 13.1. The highest BCUT2D eigenvalue weighted by Gasteiger charge is 2.04. The molecule has 0 unspecified atom stereocenters. The van der Waals surface area contributed by atoms with Gasteiger partial charge < -0.3 is 10.1 Å². The zero-order valence-electron chi connectivity index (χ0n) is 12.1. The Kier molecular flexibility index (Phi) is 5.29. The molecular weight excluding hydrogens is 272 g/mol. The van der Waals surface area contributed by atoms with E-state index in [2.05, 4.69) is 32.6 Å². The van der Waals surface area contributed by atoms with Crippen LogP contribution in [0.2, 0.25) is 0 Å². The van der Waals surface area contributed by atoms with Crippen molar-refractivity contribution in [3.8, 4) is 5.88 Å².